The van der Waals surface area contributed by atoms with E-state index < -0.39 is 6.10 Å². The maximum Gasteiger partial charge on any atom is 0.119 e. The molecule has 1 fully saturated rings. The van der Waals surface area contributed by atoms with E-state index in [-0.39, 0.29) is 12.0 Å². The first-order valence-corrected chi connectivity index (χ1v) is 8.94. The molecule has 1 saturated carbocycles. The van der Waals surface area contributed by atoms with Crippen LogP contribution < -0.4 is 14.8 Å². The summed E-state index contributed by atoms with van der Waals surface area (Å²) in [7, 11) is 3.33. The van der Waals surface area contributed by atoms with Gasteiger partial charge in [0.2, 0.25) is 0 Å². The van der Waals surface area contributed by atoms with Crippen LogP contribution in [0.25, 0.3) is 0 Å². The molecule has 3 atom stereocenters. The maximum atomic E-state index is 10.9. The second kappa shape index (κ2) is 8.26. The Balaban J connectivity index is 1.72. The molecule has 25 heavy (non-hydrogen) atoms. The number of aliphatic hydroxyl groups is 1. The summed E-state index contributed by atoms with van der Waals surface area (Å²) in [5, 5.41) is 14.6. The largest absolute Gasteiger partial charge is 0.497 e. The molecule has 0 aromatic heterocycles. The summed E-state index contributed by atoms with van der Waals surface area (Å²) in [4.78, 5) is 0. The Morgan fingerprint density at radius 3 is 2.04 bits per heavy atom. The number of anilines is 1. The molecule has 4 heteroatoms. The topological polar surface area (TPSA) is 50.7 Å². The van der Waals surface area contributed by atoms with Gasteiger partial charge in [-0.2, -0.15) is 0 Å². The van der Waals surface area contributed by atoms with Gasteiger partial charge >= 0.3 is 0 Å². The Morgan fingerprint density at radius 1 is 0.880 bits per heavy atom. The standard InChI is InChI=1S/C21H27NO3/c1-24-17-11-7-15(8-12-17)21(23)19-5-3-4-6-20(19)22-16-9-13-18(25-2)14-10-16/h7-14,19-23H,3-6H2,1-2H3. The van der Waals surface area contributed by atoms with E-state index in [4.69, 9.17) is 9.47 Å². The Labute approximate surface area is 149 Å². The monoisotopic (exact) mass is 341 g/mol. The fourth-order valence-electron chi connectivity index (χ4n) is 3.67. The van der Waals surface area contributed by atoms with Gasteiger partial charge < -0.3 is 19.9 Å². The highest BCUT2D eigenvalue weighted by molar-refractivity contribution is 5.47. The van der Waals surface area contributed by atoms with Crippen molar-refractivity contribution in [1.82, 2.24) is 0 Å². The van der Waals surface area contributed by atoms with Crippen LogP contribution in [0, 0.1) is 5.92 Å². The van der Waals surface area contributed by atoms with Crippen LogP contribution in [0.5, 0.6) is 11.5 Å². The zero-order valence-electron chi connectivity index (χ0n) is 14.9. The first-order valence-electron chi connectivity index (χ1n) is 8.94. The first kappa shape index (κ1) is 17.6. The van der Waals surface area contributed by atoms with Gasteiger partial charge in [-0.3, -0.25) is 0 Å². The average Bonchev–Trinajstić information content (AvgIpc) is 2.68. The van der Waals surface area contributed by atoms with E-state index in [1.54, 1.807) is 14.2 Å². The van der Waals surface area contributed by atoms with E-state index in [0.29, 0.717) is 0 Å². The molecule has 134 valence electrons. The van der Waals surface area contributed by atoms with Gasteiger partial charge in [0, 0.05) is 17.6 Å². The van der Waals surface area contributed by atoms with Gasteiger partial charge in [0.15, 0.2) is 0 Å². The summed E-state index contributed by atoms with van der Waals surface area (Å²) >= 11 is 0. The summed E-state index contributed by atoms with van der Waals surface area (Å²) in [6, 6.07) is 16.0. The summed E-state index contributed by atoms with van der Waals surface area (Å²) in [5.74, 6) is 1.86. The smallest absolute Gasteiger partial charge is 0.119 e. The first-order chi connectivity index (χ1) is 12.2. The highest BCUT2D eigenvalue weighted by Gasteiger charge is 2.31. The molecule has 0 spiro atoms. The molecule has 1 aliphatic carbocycles. The van der Waals surface area contributed by atoms with E-state index in [0.717, 1.165) is 35.6 Å². The van der Waals surface area contributed by atoms with Crippen LogP contribution in [-0.2, 0) is 0 Å². The SMILES string of the molecule is COc1ccc(NC2CCCCC2C(O)c2ccc(OC)cc2)cc1. The summed E-state index contributed by atoms with van der Waals surface area (Å²) in [5.41, 5.74) is 2.02. The van der Waals surface area contributed by atoms with Gasteiger partial charge in [-0.15, -0.1) is 0 Å². The van der Waals surface area contributed by atoms with Crippen LogP contribution in [0.2, 0.25) is 0 Å². The van der Waals surface area contributed by atoms with Gasteiger partial charge in [0.05, 0.1) is 20.3 Å². The third-order valence-corrected chi connectivity index (χ3v) is 5.12. The summed E-state index contributed by atoms with van der Waals surface area (Å²) < 4.78 is 10.4. The minimum atomic E-state index is -0.470. The van der Waals surface area contributed by atoms with Crippen molar-refractivity contribution in [1.29, 1.82) is 0 Å². The fraction of sp³-hybridized carbons (Fsp3) is 0.429. The molecule has 0 heterocycles. The van der Waals surface area contributed by atoms with Crippen molar-refractivity contribution in [3.8, 4) is 11.5 Å². The van der Waals surface area contributed by atoms with Crippen LogP contribution in [0.3, 0.4) is 0 Å². The van der Waals surface area contributed by atoms with E-state index in [1.165, 1.54) is 12.8 Å². The Bertz CT molecular complexity index is 654. The highest BCUT2D eigenvalue weighted by atomic mass is 16.5. The number of ether oxygens (including phenoxy) is 2. The van der Waals surface area contributed by atoms with Crippen molar-refractivity contribution < 1.29 is 14.6 Å². The van der Waals surface area contributed by atoms with Crippen molar-refractivity contribution >= 4 is 5.69 Å². The molecule has 2 N–H and O–H groups in total. The molecule has 2 aromatic carbocycles. The normalized spacial score (nSPS) is 21.4. The molecule has 0 aliphatic heterocycles. The molecule has 2 aromatic rings. The number of nitrogens with one attached hydrogen (secondary N) is 1. The van der Waals surface area contributed by atoms with E-state index in [2.05, 4.69) is 5.32 Å². The van der Waals surface area contributed by atoms with Crippen molar-refractivity contribution in [2.24, 2.45) is 5.92 Å². The molecular formula is C21H27NO3. The Kier molecular flexibility index (Phi) is 5.82. The van der Waals surface area contributed by atoms with Crippen molar-refractivity contribution in [2.45, 2.75) is 37.8 Å². The van der Waals surface area contributed by atoms with Crippen LogP contribution >= 0.6 is 0 Å². The summed E-state index contributed by atoms with van der Waals surface area (Å²) in [6.45, 7) is 0. The maximum absolute atomic E-state index is 10.9. The molecule has 3 rings (SSSR count). The number of hydrogen-bond donors (Lipinski definition) is 2. The molecule has 1 aliphatic rings. The van der Waals surface area contributed by atoms with E-state index in [1.807, 2.05) is 48.5 Å². The van der Waals surface area contributed by atoms with Gasteiger partial charge in [-0.25, -0.2) is 0 Å². The lowest BCUT2D eigenvalue weighted by Gasteiger charge is -2.36. The third-order valence-electron chi connectivity index (χ3n) is 5.12. The lowest BCUT2D eigenvalue weighted by Crippen LogP contribution is -2.36. The van der Waals surface area contributed by atoms with Crippen LogP contribution in [0.15, 0.2) is 48.5 Å². The van der Waals surface area contributed by atoms with Crippen LogP contribution in [-0.4, -0.2) is 25.4 Å². The van der Waals surface area contributed by atoms with Crippen molar-refractivity contribution in [3.63, 3.8) is 0 Å². The molecule has 4 nitrogen and oxygen atoms in total. The second-order valence-corrected chi connectivity index (χ2v) is 6.65. The number of methoxy groups -OCH3 is 2. The number of benzene rings is 2. The molecule has 0 saturated heterocycles. The zero-order chi connectivity index (χ0) is 17.6. The van der Waals surface area contributed by atoms with Gasteiger partial charge in [-0.05, 0) is 54.8 Å². The molecular weight excluding hydrogens is 314 g/mol. The van der Waals surface area contributed by atoms with Crippen molar-refractivity contribution in [2.75, 3.05) is 19.5 Å². The second-order valence-electron chi connectivity index (χ2n) is 6.65. The van der Waals surface area contributed by atoms with E-state index in [9.17, 15) is 5.11 Å². The zero-order valence-corrected chi connectivity index (χ0v) is 14.9. The third kappa shape index (κ3) is 4.26. The quantitative estimate of drug-likeness (QED) is 0.817. The highest BCUT2D eigenvalue weighted by Crippen LogP contribution is 2.36. The van der Waals surface area contributed by atoms with Gasteiger partial charge in [0.1, 0.15) is 11.5 Å². The molecule has 0 radical (unpaired) electrons. The predicted molar refractivity (Wildman–Crippen MR) is 100 cm³/mol. The average molecular weight is 341 g/mol. The van der Waals surface area contributed by atoms with Gasteiger partial charge in [0.25, 0.3) is 0 Å². The van der Waals surface area contributed by atoms with Crippen LogP contribution in [0.4, 0.5) is 5.69 Å². The Hall–Kier alpha value is -2.20. The minimum absolute atomic E-state index is 0.198. The molecule has 0 bridgehead atoms. The number of aliphatic hydroxyl groups excluding tert-OH is 1. The number of rotatable bonds is 6. The lowest BCUT2D eigenvalue weighted by atomic mass is 9.78. The van der Waals surface area contributed by atoms with Crippen molar-refractivity contribution in [3.05, 3.63) is 54.1 Å². The fourth-order valence-corrected chi connectivity index (χ4v) is 3.67. The molecule has 3 unspecified atom stereocenters. The van der Waals surface area contributed by atoms with Gasteiger partial charge in [-0.1, -0.05) is 25.0 Å². The van der Waals surface area contributed by atoms with E-state index >= 15 is 0 Å². The lowest BCUT2D eigenvalue weighted by molar-refractivity contribution is 0.0769. The predicted octanol–water partition coefficient (Wildman–Crippen LogP) is 4.41. The Morgan fingerprint density at radius 2 is 1.44 bits per heavy atom. The summed E-state index contributed by atoms with van der Waals surface area (Å²) in [6.07, 6.45) is 3.99. The van der Waals surface area contributed by atoms with Crippen LogP contribution in [0.1, 0.15) is 37.4 Å². The molecule has 0 amide bonds. The minimum Gasteiger partial charge on any atom is -0.497 e. The number of hydrogen-bond acceptors (Lipinski definition) is 4.